The third-order valence-electron chi connectivity index (χ3n) is 4.05. The lowest BCUT2D eigenvalue weighted by atomic mass is 10.2. The Kier molecular flexibility index (Phi) is 7.59. The van der Waals surface area contributed by atoms with Gasteiger partial charge < -0.3 is 11.1 Å². The molecular formula is C17H19Cl2N5O5S. The smallest absolute Gasteiger partial charge is 0.287 e. The normalized spacial score (nSPS) is 12.4. The van der Waals surface area contributed by atoms with E-state index in [1.807, 2.05) is 0 Å². The molecule has 2 aromatic rings. The second-order valence-electron chi connectivity index (χ2n) is 6.28. The van der Waals surface area contributed by atoms with E-state index in [1.54, 1.807) is 13.8 Å². The number of aryl methyl sites for hydroxylation is 1. The van der Waals surface area contributed by atoms with Crippen molar-refractivity contribution in [2.45, 2.75) is 37.8 Å². The first-order valence-electron chi connectivity index (χ1n) is 8.59. The molecule has 1 atom stereocenters. The van der Waals surface area contributed by atoms with E-state index in [-0.39, 0.29) is 27.0 Å². The van der Waals surface area contributed by atoms with Gasteiger partial charge in [-0.15, -0.1) is 0 Å². The highest BCUT2D eigenvalue weighted by Crippen LogP contribution is 2.21. The Morgan fingerprint density at radius 2 is 1.97 bits per heavy atom. The van der Waals surface area contributed by atoms with E-state index in [0.29, 0.717) is 5.56 Å². The molecule has 0 aliphatic carbocycles. The van der Waals surface area contributed by atoms with Crippen molar-refractivity contribution < 1.29 is 18.0 Å². The molecule has 0 unspecified atom stereocenters. The zero-order valence-electron chi connectivity index (χ0n) is 16.0. The lowest BCUT2D eigenvalue weighted by Gasteiger charge is -2.16. The molecule has 0 fully saturated rings. The van der Waals surface area contributed by atoms with E-state index >= 15 is 0 Å². The number of benzene rings is 1. The molecule has 0 saturated heterocycles. The summed E-state index contributed by atoms with van der Waals surface area (Å²) in [7, 11) is -4.08. The van der Waals surface area contributed by atoms with Gasteiger partial charge in [0.25, 0.3) is 5.56 Å². The van der Waals surface area contributed by atoms with E-state index in [4.69, 9.17) is 28.9 Å². The molecule has 30 heavy (non-hydrogen) atoms. The first kappa shape index (κ1) is 23.8. The fraction of sp³-hybridized carbons (Fsp3) is 0.294. The van der Waals surface area contributed by atoms with Gasteiger partial charge in [-0.25, -0.2) is 13.1 Å². The Bertz CT molecular complexity index is 1150. The Balaban J connectivity index is 2.24. The van der Waals surface area contributed by atoms with Gasteiger partial charge in [-0.3, -0.25) is 14.4 Å². The summed E-state index contributed by atoms with van der Waals surface area (Å²) in [5, 5.41) is 5.90. The van der Waals surface area contributed by atoms with Gasteiger partial charge in [-0.1, -0.05) is 36.2 Å². The Morgan fingerprint density at radius 3 is 2.57 bits per heavy atom. The van der Waals surface area contributed by atoms with Gasteiger partial charge in [0.2, 0.25) is 21.8 Å². The highest BCUT2D eigenvalue weighted by atomic mass is 35.5. The van der Waals surface area contributed by atoms with Crippen LogP contribution in [0.5, 0.6) is 0 Å². The van der Waals surface area contributed by atoms with Crippen LogP contribution in [0.15, 0.2) is 34.1 Å². The van der Waals surface area contributed by atoms with Crippen LogP contribution in [-0.4, -0.2) is 36.1 Å². The average Bonchev–Trinajstić information content (AvgIpc) is 2.67. The number of nitrogens with one attached hydrogen (secondary N) is 2. The van der Waals surface area contributed by atoms with E-state index in [1.165, 1.54) is 18.2 Å². The van der Waals surface area contributed by atoms with Crippen molar-refractivity contribution in [1.82, 2.24) is 14.5 Å². The fourth-order valence-corrected chi connectivity index (χ4v) is 4.28. The highest BCUT2D eigenvalue weighted by Gasteiger charge is 2.24. The summed E-state index contributed by atoms with van der Waals surface area (Å²) in [6.07, 6.45) is 1.30. The van der Waals surface area contributed by atoms with Crippen LogP contribution in [-0.2, 0) is 26.2 Å². The zero-order chi connectivity index (χ0) is 22.6. The summed E-state index contributed by atoms with van der Waals surface area (Å²) >= 11 is 11.4. The van der Waals surface area contributed by atoms with Gasteiger partial charge in [-0.05, 0) is 31.0 Å². The fourth-order valence-electron chi connectivity index (χ4n) is 2.45. The molecule has 0 aliphatic heterocycles. The van der Waals surface area contributed by atoms with E-state index in [9.17, 15) is 22.8 Å². The van der Waals surface area contributed by atoms with Crippen LogP contribution in [0.1, 0.15) is 18.9 Å². The SMILES string of the molecule is CC[C@H](NS(=O)(=O)c1cc(NC(=O)Cn2ncc(Cl)c(Cl)c2=O)ccc1C)C(N)=O. The summed E-state index contributed by atoms with van der Waals surface area (Å²) in [6, 6.07) is 3.14. The van der Waals surface area contributed by atoms with Crippen LogP contribution >= 0.6 is 23.2 Å². The number of primary amides is 1. The van der Waals surface area contributed by atoms with E-state index in [2.05, 4.69) is 15.1 Å². The second-order valence-corrected chi connectivity index (χ2v) is 8.75. The van der Waals surface area contributed by atoms with Crippen LogP contribution in [0.25, 0.3) is 0 Å². The summed E-state index contributed by atoms with van der Waals surface area (Å²) < 4.78 is 28.4. The summed E-state index contributed by atoms with van der Waals surface area (Å²) in [5.41, 5.74) is 5.00. The maximum atomic E-state index is 12.7. The number of rotatable bonds is 8. The minimum Gasteiger partial charge on any atom is -0.368 e. The number of hydrogen-bond acceptors (Lipinski definition) is 6. The number of halogens is 2. The van der Waals surface area contributed by atoms with Gasteiger partial charge >= 0.3 is 0 Å². The molecule has 1 aromatic carbocycles. The maximum Gasteiger partial charge on any atom is 0.287 e. The molecule has 1 aromatic heterocycles. The van der Waals surface area contributed by atoms with E-state index in [0.717, 1.165) is 10.9 Å². The van der Waals surface area contributed by atoms with Crippen molar-refractivity contribution in [2.24, 2.45) is 5.73 Å². The number of nitrogens with zero attached hydrogens (tertiary/aromatic N) is 2. The van der Waals surface area contributed by atoms with Crippen molar-refractivity contribution in [3.05, 3.63) is 50.4 Å². The zero-order valence-corrected chi connectivity index (χ0v) is 18.3. The average molecular weight is 476 g/mol. The number of sulfonamides is 1. The predicted molar refractivity (Wildman–Crippen MR) is 112 cm³/mol. The second kappa shape index (κ2) is 9.56. The minimum absolute atomic E-state index is 0.0412. The van der Waals surface area contributed by atoms with Crippen molar-refractivity contribution >= 4 is 50.7 Å². The van der Waals surface area contributed by atoms with Gasteiger partial charge in [-0.2, -0.15) is 9.82 Å². The van der Waals surface area contributed by atoms with Crippen LogP contribution < -0.4 is 21.3 Å². The standard InChI is InChI=1S/C17H19Cl2N5O5S/c1-3-12(16(20)26)23-30(28,29)13-6-10(5-4-9(13)2)22-14(25)8-24-17(27)15(19)11(18)7-21-24/h4-7,12,23H,3,8H2,1-2H3,(H2,20,26)(H,22,25)/t12-/m0/s1. The summed E-state index contributed by atoms with van der Waals surface area (Å²) in [6.45, 7) is 2.70. The molecule has 0 radical (unpaired) electrons. The Hall–Kier alpha value is -2.47. The van der Waals surface area contributed by atoms with Crippen LogP contribution in [0.4, 0.5) is 5.69 Å². The highest BCUT2D eigenvalue weighted by molar-refractivity contribution is 7.89. The Morgan fingerprint density at radius 1 is 1.30 bits per heavy atom. The molecule has 2 rings (SSSR count). The first-order valence-corrected chi connectivity index (χ1v) is 10.8. The molecule has 0 bridgehead atoms. The maximum absolute atomic E-state index is 12.7. The molecule has 13 heteroatoms. The third-order valence-corrected chi connectivity index (χ3v) is 6.41. The largest absolute Gasteiger partial charge is 0.368 e. The molecule has 1 heterocycles. The molecule has 0 aliphatic rings. The third kappa shape index (κ3) is 5.57. The number of hydrogen-bond donors (Lipinski definition) is 3. The van der Waals surface area contributed by atoms with Crippen LogP contribution in [0, 0.1) is 6.92 Å². The molecule has 162 valence electrons. The summed E-state index contributed by atoms with van der Waals surface area (Å²) in [4.78, 5) is 35.5. The number of nitrogens with two attached hydrogens (primary N) is 1. The van der Waals surface area contributed by atoms with Crippen molar-refractivity contribution in [2.75, 3.05) is 5.32 Å². The molecular weight excluding hydrogens is 457 g/mol. The topological polar surface area (TPSA) is 153 Å². The molecule has 2 amide bonds. The number of amides is 2. The van der Waals surface area contributed by atoms with Gasteiger partial charge in [0.15, 0.2) is 0 Å². The van der Waals surface area contributed by atoms with Gasteiger partial charge in [0.1, 0.15) is 17.6 Å². The monoisotopic (exact) mass is 475 g/mol. The van der Waals surface area contributed by atoms with Gasteiger partial charge in [0, 0.05) is 5.69 Å². The van der Waals surface area contributed by atoms with Crippen molar-refractivity contribution in [1.29, 1.82) is 0 Å². The van der Waals surface area contributed by atoms with Gasteiger partial charge in [0.05, 0.1) is 16.1 Å². The van der Waals surface area contributed by atoms with Crippen LogP contribution in [0.2, 0.25) is 10.0 Å². The van der Waals surface area contributed by atoms with E-state index < -0.39 is 40.0 Å². The Labute approximate surface area is 182 Å². The van der Waals surface area contributed by atoms with Crippen molar-refractivity contribution in [3.8, 4) is 0 Å². The lowest BCUT2D eigenvalue weighted by molar-refractivity contribution is -0.119. The van der Waals surface area contributed by atoms with Crippen LogP contribution in [0.3, 0.4) is 0 Å². The molecule has 10 nitrogen and oxygen atoms in total. The first-order chi connectivity index (χ1) is 14.0. The number of aromatic nitrogens is 2. The molecule has 0 saturated carbocycles. The number of anilines is 1. The number of carbonyl (C=O) groups is 2. The molecule has 4 N–H and O–H groups in total. The lowest BCUT2D eigenvalue weighted by Crippen LogP contribution is -2.44. The quantitative estimate of drug-likeness (QED) is 0.518. The predicted octanol–water partition coefficient (Wildman–Crippen LogP) is 1.04. The van der Waals surface area contributed by atoms with Crippen molar-refractivity contribution in [3.63, 3.8) is 0 Å². The molecule has 0 spiro atoms. The summed E-state index contributed by atoms with van der Waals surface area (Å²) in [5.74, 6) is -1.45. The minimum atomic E-state index is -4.08. The number of carbonyl (C=O) groups excluding carboxylic acids is 2.